The van der Waals surface area contributed by atoms with E-state index in [1.54, 1.807) is 23.0 Å². The Morgan fingerprint density at radius 3 is 1.17 bits per heavy atom. The van der Waals surface area contributed by atoms with Crippen molar-refractivity contribution >= 4 is 45.4 Å². The van der Waals surface area contributed by atoms with Crippen LogP contribution in [-0.4, -0.2) is 42.5 Å². The van der Waals surface area contributed by atoms with Crippen molar-refractivity contribution in [2.45, 2.75) is 13.8 Å². The minimum Gasteiger partial charge on any atom is -0.295 e. The van der Waals surface area contributed by atoms with Crippen molar-refractivity contribution < 1.29 is 19.2 Å². The topological polar surface area (TPSA) is 104 Å². The summed E-state index contributed by atoms with van der Waals surface area (Å²) in [6, 6.07) is 45.4. The Bertz CT molecular complexity index is 2540. The Morgan fingerprint density at radius 1 is 0.442 bits per heavy atom. The summed E-state index contributed by atoms with van der Waals surface area (Å²) in [7, 11) is 0. The van der Waals surface area contributed by atoms with E-state index in [4.69, 9.17) is 0 Å². The van der Waals surface area contributed by atoms with Crippen LogP contribution in [0, 0.1) is 0 Å². The predicted octanol–water partition coefficient (Wildman–Crippen LogP) is 9.17. The van der Waals surface area contributed by atoms with Crippen molar-refractivity contribution in [3.63, 3.8) is 0 Å². The van der Waals surface area contributed by atoms with Gasteiger partial charge in [-0.05, 0) is 73.5 Å². The molecule has 6 aromatic carbocycles. The van der Waals surface area contributed by atoms with Crippen LogP contribution >= 0.6 is 0 Å². The lowest BCUT2D eigenvalue weighted by Gasteiger charge is -2.06. The van der Waals surface area contributed by atoms with Crippen LogP contribution in [0.4, 0.5) is 0 Å². The number of rotatable bonds is 3. The van der Waals surface area contributed by atoms with Gasteiger partial charge in [0, 0.05) is 22.3 Å². The average molecular weight is 679 g/mol. The number of nitrogens with zero attached hydrogens (tertiary/aromatic N) is 4. The zero-order valence-electron chi connectivity index (χ0n) is 28.3. The summed E-state index contributed by atoms with van der Waals surface area (Å²) in [4.78, 5) is 57.2. The Morgan fingerprint density at radius 2 is 0.808 bits per heavy atom. The van der Waals surface area contributed by atoms with Gasteiger partial charge < -0.3 is 0 Å². The molecule has 4 heterocycles. The lowest BCUT2D eigenvalue weighted by Crippen LogP contribution is -2.06. The maximum absolute atomic E-state index is 13.3. The first kappa shape index (κ1) is 32.2. The van der Waals surface area contributed by atoms with E-state index in [1.807, 2.05) is 146 Å². The van der Waals surface area contributed by atoms with Crippen molar-refractivity contribution in [1.82, 2.24) is 19.1 Å². The van der Waals surface area contributed by atoms with E-state index in [9.17, 15) is 19.2 Å². The van der Waals surface area contributed by atoms with Crippen LogP contribution in [0.3, 0.4) is 0 Å². The molecule has 52 heavy (non-hydrogen) atoms. The van der Waals surface area contributed by atoms with Gasteiger partial charge in [-0.1, -0.05) is 97.1 Å². The fourth-order valence-corrected chi connectivity index (χ4v) is 6.60. The van der Waals surface area contributed by atoms with Gasteiger partial charge in [-0.15, -0.1) is 0 Å². The maximum Gasteiger partial charge on any atom is 0.264 e. The number of benzene rings is 6. The predicted molar refractivity (Wildman–Crippen MR) is 202 cm³/mol. The molecule has 0 saturated heterocycles. The van der Waals surface area contributed by atoms with Gasteiger partial charge in [0.15, 0.2) is 11.6 Å². The quantitative estimate of drug-likeness (QED) is 0.173. The molecule has 10 rings (SSSR count). The lowest BCUT2D eigenvalue weighted by molar-refractivity contribution is 0.0965. The third kappa shape index (κ3) is 5.52. The second kappa shape index (κ2) is 13.0. The summed E-state index contributed by atoms with van der Waals surface area (Å²) in [5, 5.41) is 0. The maximum atomic E-state index is 13.3. The molecule has 0 radical (unpaired) electrons. The normalized spacial score (nSPS) is 11.9. The van der Waals surface area contributed by atoms with Crippen molar-refractivity contribution in [1.29, 1.82) is 0 Å². The van der Waals surface area contributed by atoms with Crippen LogP contribution in [0.5, 0.6) is 0 Å². The first-order valence-electron chi connectivity index (χ1n) is 16.8. The molecule has 0 atom stereocenters. The number of carbonyl (C=O) groups is 4. The second-order valence-corrected chi connectivity index (χ2v) is 12.5. The smallest absolute Gasteiger partial charge is 0.264 e. The fourth-order valence-electron chi connectivity index (χ4n) is 6.60. The molecule has 0 bridgehead atoms. The monoisotopic (exact) mass is 678 g/mol. The summed E-state index contributed by atoms with van der Waals surface area (Å²) in [6.45, 7) is 3.13. The zero-order valence-corrected chi connectivity index (χ0v) is 28.3. The van der Waals surface area contributed by atoms with Gasteiger partial charge in [0.2, 0.25) is 0 Å². The Hall–Kier alpha value is -7.06. The summed E-state index contributed by atoms with van der Waals surface area (Å²) in [5.41, 5.74) is 9.45. The fraction of sp³-hybridized carbons (Fsp3) is 0.0455. The van der Waals surface area contributed by atoms with Crippen LogP contribution in [0.2, 0.25) is 0 Å². The Labute approximate surface area is 298 Å². The van der Waals surface area contributed by atoms with Crippen LogP contribution in [0.25, 0.3) is 56.0 Å². The highest BCUT2D eigenvalue weighted by atomic mass is 16.2. The third-order valence-electron chi connectivity index (χ3n) is 9.20. The molecule has 250 valence electrons. The van der Waals surface area contributed by atoms with Crippen LogP contribution in [0.1, 0.15) is 55.3 Å². The molecule has 2 aromatic heterocycles. The van der Waals surface area contributed by atoms with Crippen molar-refractivity contribution in [3.05, 3.63) is 168 Å². The van der Waals surface area contributed by atoms with Crippen molar-refractivity contribution in [2.75, 3.05) is 0 Å². The molecular formula is C44H30N4O4. The van der Waals surface area contributed by atoms with Gasteiger partial charge in [0.05, 0.1) is 33.2 Å². The summed E-state index contributed by atoms with van der Waals surface area (Å²) >= 11 is 0. The molecule has 0 aliphatic carbocycles. The van der Waals surface area contributed by atoms with Crippen LogP contribution in [-0.2, 0) is 0 Å². The SMILES string of the molecule is CC(=O)c1ccccc1.CC(=O)c1ccccc1.O=C1c2cc(-c3ccc4c(c3)C(=O)n3c-4nc4ccccc43)ccc2-c2nc3ccccc3n21. The van der Waals surface area contributed by atoms with Gasteiger partial charge in [-0.25, -0.2) is 9.97 Å². The molecule has 0 N–H and O–H groups in total. The standard InChI is InChI=1S/C28H14N4O2.2C8H8O/c33-27-19-13-15(9-11-17(19)25-29-21-5-1-3-7-23(21)31(25)27)16-10-12-18-20(14-16)28(34)32-24-8-4-2-6-22(24)30-26(18)32;2*1-7(9)8-5-3-2-4-6-8/h1-14H;2*2-6H,1H3. The number of hydrogen-bond donors (Lipinski definition) is 0. The van der Waals surface area contributed by atoms with Gasteiger partial charge in [0.25, 0.3) is 11.8 Å². The highest BCUT2D eigenvalue weighted by molar-refractivity contribution is 6.15. The molecule has 8 aromatic rings. The Kier molecular flexibility index (Phi) is 8.04. The first-order chi connectivity index (χ1) is 25.3. The molecule has 2 aliphatic rings. The van der Waals surface area contributed by atoms with E-state index in [2.05, 4.69) is 9.97 Å². The molecular weight excluding hydrogens is 649 g/mol. The number of hydrogen-bond acceptors (Lipinski definition) is 6. The molecule has 0 amide bonds. The molecule has 2 aliphatic heterocycles. The minimum absolute atomic E-state index is 0.0793. The highest BCUT2D eigenvalue weighted by Crippen LogP contribution is 2.40. The largest absolute Gasteiger partial charge is 0.295 e. The van der Waals surface area contributed by atoms with E-state index < -0.39 is 0 Å². The van der Waals surface area contributed by atoms with E-state index in [-0.39, 0.29) is 23.4 Å². The molecule has 0 saturated carbocycles. The number of ketones is 2. The third-order valence-corrected chi connectivity index (χ3v) is 9.20. The van der Waals surface area contributed by atoms with E-state index in [0.29, 0.717) is 22.8 Å². The van der Waals surface area contributed by atoms with Gasteiger partial charge in [-0.2, -0.15) is 0 Å². The number of aromatic nitrogens is 4. The number of Topliss-reactive ketones (excluding diaryl/α,β-unsaturated/α-hetero) is 2. The van der Waals surface area contributed by atoms with Crippen molar-refractivity contribution in [3.8, 4) is 33.9 Å². The van der Waals surface area contributed by atoms with E-state index >= 15 is 0 Å². The Balaban J connectivity index is 0.000000177. The van der Waals surface area contributed by atoms with E-state index in [0.717, 1.165) is 55.4 Å². The molecule has 0 fully saturated rings. The summed E-state index contributed by atoms with van der Waals surface area (Å²) < 4.78 is 3.36. The second-order valence-electron chi connectivity index (χ2n) is 12.5. The number of fused-ring (bicyclic) bond motifs is 10. The summed E-state index contributed by atoms with van der Waals surface area (Å²) in [6.07, 6.45) is 0. The van der Waals surface area contributed by atoms with Gasteiger partial charge in [-0.3, -0.25) is 28.3 Å². The van der Waals surface area contributed by atoms with Crippen LogP contribution in [0.15, 0.2) is 146 Å². The number of carbonyl (C=O) groups excluding carboxylic acids is 4. The highest BCUT2D eigenvalue weighted by Gasteiger charge is 2.32. The van der Waals surface area contributed by atoms with E-state index in [1.165, 1.54) is 0 Å². The first-order valence-corrected chi connectivity index (χ1v) is 16.8. The molecule has 0 spiro atoms. The van der Waals surface area contributed by atoms with Crippen LogP contribution < -0.4 is 0 Å². The van der Waals surface area contributed by atoms with Crippen molar-refractivity contribution in [2.24, 2.45) is 0 Å². The molecule has 8 nitrogen and oxygen atoms in total. The minimum atomic E-state index is -0.0793. The average Bonchev–Trinajstić information content (AvgIpc) is 3.91. The summed E-state index contributed by atoms with van der Waals surface area (Å²) in [5.74, 6) is 1.43. The lowest BCUT2D eigenvalue weighted by atomic mass is 9.96. The number of para-hydroxylation sites is 4. The molecule has 0 unspecified atom stereocenters. The van der Waals surface area contributed by atoms with Gasteiger partial charge in [0.1, 0.15) is 11.6 Å². The molecule has 8 heteroatoms. The van der Waals surface area contributed by atoms with Gasteiger partial charge >= 0.3 is 0 Å². The number of imidazole rings is 2. The zero-order chi connectivity index (χ0) is 35.9.